The summed E-state index contributed by atoms with van der Waals surface area (Å²) in [4.78, 5) is 23.5. The lowest BCUT2D eigenvalue weighted by Crippen LogP contribution is -2.41. The van der Waals surface area contributed by atoms with E-state index in [-0.39, 0.29) is 30.5 Å². The monoisotopic (exact) mass is 300 g/mol. The summed E-state index contributed by atoms with van der Waals surface area (Å²) in [5.41, 5.74) is 6.64. The molecule has 0 aliphatic carbocycles. The molecule has 0 saturated heterocycles. The van der Waals surface area contributed by atoms with E-state index in [1.165, 1.54) is 6.07 Å². The van der Waals surface area contributed by atoms with Gasteiger partial charge in [0.2, 0.25) is 5.91 Å². The first kappa shape index (κ1) is 15.7. The number of aryl methyl sites for hydroxylation is 2. The van der Waals surface area contributed by atoms with Crippen LogP contribution in [0, 0.1) is 12.7 Å². The van der Waals surface area contributed by atoms with E-state index in [1.807, 2.05) is 19.1 Å². The van der Waals surface area contributed by atoms with Gasteiger partial charge in [-0.05, 0) is 37.1 Å². The minimum atomic E-state index is -0.390. The van der Waals surface area contributed by atoms with Crippen molar-refractivity contribution >= 4 is 11.8 Å². The van der Waals surface area contributed by atoms with E-state index >= 15 is 0 Å². The number of hydrogen-bond donors (Lipinski definition) is 2. The third-order valence-electron chi connectivity index (χ3n) is 3.21. The highest BCUT2D eigenvalue weighted by molar-refractivity contribution is 5.95. The van der Waals surface area contributed by atoms with Crippen LogP contribution in [0.4, 0.5) is 4.39 Å². The van der Waals surface area contributed by atoms with Crippen LogP contribution in [0.3, 0.4) is 0 Å². The first-order valence-electron chi connectivity index (χ1n) is 6.95. The highest BCUT2D eigenvalue weighted by atomic mass is 19.1. The number of amides is 2. The SMILES string of the molecule is Cc1ccc(C(=O)NNC(=O)CCc2ccccc2F)cc1. The van der Waals surface area contributed by atoms with Gasteiger partial charge >= 0.3 is 0 Å². The Kier molecular flexibility index (Phi) is 5.25. The molecule has 4 nitrogen and oxygen atoms in total. The topological polar surface area (TPSA) is 58.2 Å². The molecule has 0 aromatic heterocycles. The van der Waals surface area contributed by atoms with Crippen molar-refractivity contribution in [2.75, 3.05) is 0 Å². The lowest BCUT2D eigenvalue weighted by molar-refractivity contribution is -0.121. The maximum absolute atomic E-state index is 13.4. The third kappa shape index (κ3) is 4.41. The quantitative estimate of drug-likeness (QED) is 0.853. The predicted molar refractivity (Wildman–Crippen MR) is 81.5 cm³/mol. The Balaban J connectivity index is 1.79. The van der Waals surface area contributed by atoms with Gasteiger partial charge in [-0.15, -0.1) is 0 Å². The van der Waals surface area contributed by atoms with Crippen molar-refractivity contribution in [3.8, 4) is 0 Å². The van der Waals surface area contributed by atoms with Gasteiger partial charge in [-0.1, -0.05) is 35.9 Å². The zero-order chi connectivity index (χ0) is 15.9. The second-order valence-corrected chi connectivity index (χ2v) is 4.96. The average molecular weight is 300 g/mol. The van der Waals surface area contributed by atoms with Crippen LogP contribution in [0.2, 0.25) is 0 Å². The smallest absolute Gasteiger partial charge is 0.269 e. The zero-order valence-corrected chi connectivity index (χ0v) is 12.2. The van der Waals surface area contributed by atoms with Crippen molar-refractivity contribution < 1.29 is 14.0 Å². The summed E-state index contributed by atoms with van der Waals surface area (Å²) in [5, 5.41) is 0. The van der Waals surface area contributed by atoms with Crippen LogP contribution in [0.25, 0.3) is 0 Å². The Morgan fingerprint density at radius 2 is 1.68 bits per heavy atom. The molecule has 0 spiro atoms. The minimum absolute atomic E-state index is 0.0924. The molecule has 2 rings (SSSR count). The maximum atomic E-state index is 13.4. The summed E-state index contributed by atoms with van der Waals surface area (Å²) >= 11 is 0. The van der Waals surface area contributed by atoms with Crippen molar-refractivity contribution in [1.29, 1.82) is 0 Å². The molecule has 0 radical (unpaired) electrons. The van der Waals surface area contributed by atoms with Crippen molar-refractivity contribution in [2.45, 2.75) is 19.8 Å². The molecule has 114 valence electrons. The molecule has 2 aromatic carbocycles. The van der Waals surface area contributed by atoms with Crippen molar-refractivity contribution in [3.63, 3.8) is 0 Å². The van der Waals surface area contributed by atoms with E-state index in [9.17, 15) is 14.0 Å². The van der Waals surface area contributed by atoms with Gasteiger partial charge in [0.05, 0.1) is 0 Å². The molecule has 2 N–H and O–H groups in total. The van der Waals surface area contributed by atoms with Crippen LogP contribution in [0.1, 0.15) is 27.9 Å². The van der Waals surface area contributed by atoms with Gasteiger partial charge in [-0.2, -0.15) is 0 Å². The number of halogens is 1. The average Bonchev–Trinajstić information content (AvgIpc) is 2.52. The van der Waals surface area contributed by atoms with Gasteiger partial charge < -0.3 is 0 Å². The van der Waals surface area contributed by atoms with Crippen LogP contribution < -0.4 is 10.9 Å². The van der Waals surface area contributed by atoms with E-state index in [0.29, 0.717) is 11.1 Å². The van der Waals surface area contributed by atoms with E-state index < -0.39 is 0 Å². The highest BCUT2D eigenvalue weighted by Gasteiger charge is 2.08. The van der Waals surface area contributed by atoms with Gasteiger partial charge in [0.25, 0.3) is 5.91 Å². The number of carbonyl (C=O) groups is 2. The lowest BCUT2D eigenvalue weighted by atomic mass is 10.1. The molecule has 0 aliphatic rings. The molecule has 22 heavy (non-hydrogen) atoms. The van der Waals surface area contributed by atoms with E-state index in [4.69, 9.17) is 0 Å². The number of benzene rings is 2. The summed E-state index contributed by atoms with van der Waals surface area (Å²) < 4.78 is 13.4. The van der Waals surface area contributed by atoms with E-state index in [0.717, 1.165) is 5.56 Å². The number of hydrogen-bond acceptors (Lipinski definition) is 2. The summed E-state index contributed by atoms with van der Waals surface area (Å²) in [5.74, 6) is -1.10. The number of carbonyl (C=O) groups excluding carboxylic acids is 2. The lowest BCUT2D eigenvalue weighted by Gasteiger charge is -2.08. The fourth-order valence-corrected chi connectivity index (χ4v) is 1.92. The summed E-state index contributed by atoms with van der Waals surface area (Å²) in [6, 6.07) is 13.3. The van der Waals surface area contributed by atoms with E-state index in [2.05, 4.69) is 10.9 Å². The molecule has 0 bridgehead atoms. The Bertz CT molecular complexity index is 669. The fourth-order valence-electron chi connectivity index (χ4n) is 1.92. The molecule has 0 aliphatic heterocycles. The summed E-state index contributed by atoms with van der Waals surface area (Å²) in [6.45, 7) is 1.92. The van der Waals surface area contributed by atoms with Gasteiger partial charge in [0, 0.05) is 12.0 Å². The Labute approximate surface area is 128 Å². The van der Waals surface area contributed by atoms with Crippen LogP contribution in [-0.2, 0) is 11.2 Å². The van der Waals surface area contributed by atoms with Crippen molar-refractivity contribution in [2.24, 2.45) is 0 Å². The predicted octanol–water partition coefficient (Wildman–Crippen LogP) is 2.53. The maximum Gasteiger partial charge on any atom is 0.269 e. The summed E-state index contributed by atoms with van der Waals surface area (Å²) in [6.07, 6.45) is 0.369. The normalized spacial score (nSPS) is 10.1. The Hall–Kier alpha value is -2.69. The third-order valence-corrected chi connectivity index (χ3v) is 3.21. The van der Waals surface area contributed by atoms with Crippen LogP contribution in [0.5, 0.6) is 0 Å². The highest BCUT2D eigenvalue weighted by Crippen LogP contribution is 2.08. The van der Waals surface area contributed by atoms with Crippen LogP contribution in [0.15, 0.2) is 48.5 Å². The largest absolute Gasteiger partial charge is 0.273 e. The molecule has 5 heteroatoms. The van der Waals surface area contributed by atoms with E-state index in [1.54, 1.807) is 30.3 Å². The minimum Gasteiger partial charge on any atom is -0.273 e. The first-order chi connectivity index (χ1) is 10.6. The molecule has 2 amide bonds. The van der Waals surface area contributed by atoms with Gasteiger partial charge in [-0.3, -0.25) is 20.4 Å². The molecular formula is C17H17FN2O2. The van der Waals surface area contributed by atoms with Gasteiger partial charge in [0.15, 0.2) is 0 Å². The number of nitrogens with one attached hydrogen (secondary N) is 2. The molecule has 2 aromatic rings. The van der Waals surface area contributed by atoms with Crippen molar-refractivity contribution in [1.82, 2.24) is 10.9 Å². The molecule has 0 unspecified atom stereocenters. The molecule has 0 atom stereocenters. The molecule has 0 fully saturated rings. The number of hydrazine groups is 1. The van der Waals surface area contributed by atoms with Gasteiger partial charge in [0.1, 0.15) is 5.82 Å². The molecule has 0 heterocycles. The Morgan fingerprint density at radius 3 is 2.36 bits per heavy atom. The van der Waals surface area contributed by atoms with Crippen LogP contribution in [-0.4, -0.2) is 11.8 Å². The number of rotatable bonds is 4. The second kappa shape index (κ2) is 7.36. The van der Waals surface area contributed by atoms with Crippen LogP contribution >= 0.6 is 0 Å². The second-order valence-electron chi connectivity index (χ2n) is 4.96. The first-order valence-corrected chi connectivity index (χ1v) is 6.95. The fraction of sp³-hybridized carbons (Fsp3) is 0.176. The molecule has 0 saturated carbocycles. The zero-order valence-electron chi connectivity index (χ0n) is 12.2. The Morgan fingerprint density at radius 1 is 1.00 bits per heavy atom. The summed E-state index contributed by atoms with van der Waals surface area (Å²) in [7, 11) is 0. The standard InChI is InChI=1S/C17H17FN2O2/c1-12-6-8-14(9-7-12)17(22)20-19-16(21)11-10-13-4-2-3-5-15(13)18/h2-9H,10-11H2,1H3,(H,19,21)(H,20,22). The van der Waals surface area contributed by atoms with Crippen molar-refractivity contribution in [3.05, 3.63) is 71.0 Å². The van der Waals surface area contributed by atoms with Gasteiger partial charge in [-0.25, -0.2) is 4.39 Å². The molecular weight excluding hydrogens is 283 g/mol.